The summed E-state index contributed by atoms with van der Waals surface area (Å²) in [6.07, 6.45) is -0.976. The van der Waals surface area contributed by atoms with Crippen molar-refractivity contribution >= 4 is 0 Å². The number of rotatable bonds is 4. The Bertz CT molecular complexity index is 673. The van der Waals surface area contributed by atoms with E-state index in [4.69, 9.17) is 0 Å². The number of ether oxygens (including phenoxy) is 1. The molecule has 1 N–H and O–H groups in total. The van der Waals surface area contributed by atoms with E-state index < -0.39 is 17.9 Å². The van der Waals surface area contributed by atoms with Crippen LogP contribution in [0.25, 0.3) is 0 Å². The van der Waals surface area contributed by atoms with Gasteiger partial charge in [-0.25, -0.2) is 9.97 Å². The van der Waals surface area contributed by atoms with Gasteiger partial charge in [0.15, 0.2) is 5.82 Å². The summed E-state index contributed by atoms with van der Waals surface area (Å²) in [6.45, 7) is 0. The molecule has 1 fully saturated rings. The second-order valence-electron chi connectivity index (χ2n) is 5.56. The fourth-order valence-electron chi connectivity index (χ4n) is 3.04. The van der Waals surface area contributed by atoms with Crippen molar-refractivity contribution in [2.24, 2.45) is 0 Å². The quantitative estimate of drug-likeness (QED) is 0.935. The van der Waals surface area contributed by atoms with Gasteiger partial charge in [-0.2, -0.15) is 0 Å². The molecule has 7 heteroatoms. The number of benzene rings is 1. The highest BCUT2D eigenvalue weighted by Gasteiger charge is 2.49. The van der Waals surface area contributed by atoms with Crippen LogP contribution in [0.5, 0.6) is 5.75 Å². The third-order valence-electron chi connectivity index (χ3n) is 4.25. The minimum atomic E-state index is -4.78. The second-order valence-corrected chi connectivity index (χ2v) is 5.56. The summed E-state index contributed by atoms with van der Waals surface area (Å²) in [7, 11) is 0. The molecule has 4 nitrogen and oxygen atoms in total. The van der Waals surface area contributed by atoms with Crippen LogP contribution < -0.4 is 4.74 Å². The maximum Gasteiger partial charge on any atom is 0.573 e. The number of nitrogens with zero attached hydrogens (tertiary/aromatic N) is 2. The Labute approximate surface area is 131 Å². The first-order valence-corrected chi connectivity index (χ1v) is 7.23. The highest BCUT2D eigenvalue weighted by molar-refractivity contribution is 5.43. The topological polar surface area (TPSA) is 55.2 Å². The zero-order valence-corrected chi connectivity index (χ0v) is 12.1. The van der Waals surface area contributed by atoms with Gasteiger partial charge in [-0.15, -0.1) is 13.2 Å². The molecule has 0 amide bonds. The molecule has 1 aliphatic rings. The molecule has 1 atom stereocenters. The van der Waals surface area contributed by atoms with E-state index in [2.05, 4.69) is 14.7 Å². The van der Waals surface area contributed by atoms with Gasteiger partial charge < -0.3 is 9.84 Å². The van der Waals surface area contributed by atoms with Crippen molar-refractivity contribution in [2.45, 2.75) is 37.1 Å². The van der Waals surface area contributed by atoms with Crippen LogP contribution >= 0.6 is 0 Å². The molecule has 1 unspecified atom stereocenters. The summed E-state index contributed by atoms with van der Waals surface area (Å²) in [4.78, 5) is 8.06. The Morgan fingerprint density at radius 2 is 1.74 bits per heavy atom. The van der Waals surface area contributed by atoms with E-state index in [0.29, 0.717) is 18.4 Å². The third-order valence-corrected chi connectivity index (χ3v) is 4.25. The number of hydrogen-bond donors (Lipinski definition) is 1. The minimum absolute atomic E-state index is 0.203. The van der Waals surface area contributed by atoms with Gasteiger partial charge in [-0.05, 0) is 25.0 Å². The van der Waals surface area contributed by atoms with Crippen LogP contribution in [0.15, 0.2) is 42.7 Å². The Kier molecular flexibility index (Phi) is 3.97. The van der Waals surface area contributed by atoms with Gasteiger partial charge in [0.25, 0.3) is 0 Å². The molecule has 0 radical (unpaired) electrons. The number of para-hydroxylation sites is 1. The van der Waals surface area contributed by atoms with Crippen LogP contribution in [0.3, 0.4) is 0 Å². The van der Waals surface area contributed by atoms with Crippen molar-refractivity contribution in [1.82, 2.24) is 9.97 Å². The van der Waals surface area contributed by atoms with Gasteiger partial charge in [-0.1, -0.05) is 24.6 Å². The predicted molar refractivity (Wildman–Crippen MR) is 75.6 cm³/mol. The Balaban J connectivity index is 2.01. The molecule has 1 saturated carbocycles. The smallest absolute Gasteiger partial charge is 0.405 e. The summed E-state index contributed by atoms with van der Waals surface area (Å²) in [5.41, 5.74) is -0.521. The van der Waals surface area contributed by atoms with Gasteiger partial charge in [0.2, 0.25) is 0 Å². The second kappa shape index (κ2) is 5.81. The lowest BCUT2D eigenvalue weighted by molar-refractivity contribution is -0.275. The summed E-state index contributed by atoms with van der Waals surface area (Å²) < 4.78 is 42.1. The molecule has 1 heterocycles. The summed E-state index contributed by atoms with van der Waals surface area (Å²) in [5, 5.41) is 10.7. The molecule has 1 aromatic carbocycles. The molecule has 3 rings (SSSR count). The first-order valence-electron chi connectivity index (χ1n) is 7.23. The molecular formula is C16H15F3N2O2. The minimum Gasteiger partial charge on any atom is -0.405 e. The van der Waals surface area contributed by atoms with Gasteiger partial charge >= 0.3 is 6.36 Å². The van der Waals surface area contributed by atoms with Crippen LogP contribution in [0, 0.1) is 0 Å². The molecule has 0 saturated heterocycles. The molecule has 1 aromatic heterocycles. The number of hydrogen-bond acceptors (Lipinski definition) is 4. The number of aromatic nitrogens is 2. The molecule has 1 aliphatic carbocycles. The van der Waals surface area contributed by atoms with Crippen molar-refractivity contribution in [3.63, 3.8) is 0 Å². The molecular weight excluding hydrogens is 309 g/mol. The summed E-state index contributed by atoms with van der Waals surface area (Å²) >= 11 is 0. The standard InChI is InChI=1S/C16H15F3N2O2/c17-16(18,19)23-12-6-2-1-5-11(12)15(7-3-8-15)13(22)14-20-9-4-10-21-14/h1-2,4-6,9-10,13,22H,3,7-8H2. The van der Waals surface area contributed by atoms with E-state index in [-0.39, 0.29) is 11.6 Å². The van der Waals surface area contributed by atoms with Crippen molar-refractivity contribution in [3.8, 4) is 5.75 Å². The average Bonchev–Trinajstić information content (AvgIpc) is 2.47. The van der Waals surface area contributed by atoms with Gasteiger partial charge in [0.1, 0.15) is 11.9 Å². The van der Waals surface area contributed by atoms with E-state index >= 15 is 0 Å². The van der Waals surface area contributed by atoms with Crippen molar-refractivity contribution in [2.75, 3.05) is 0 Å². The van der Waals surface area contributed by atoms with E-state index in [9.17, 15) is 18.3 Å². The Hall–Kier alpha value is -2.15. The van der Waals surface area contributed by atoms with Crippen LogP contribution in [0.2, 0.25) is 0 Å². The first kappa shape index (κ1) is 15.7. The zero-order chi connectivity index (χ0) is 16.5. The third kappa shape index (κ3) is 3.01. The summed E-state index contributed by atoms with van der Waals surface area (Å²) in [5.74, 6) is -0.0799. The predicted octanol–water partition coefficient (Wildman–Crippen LogP) is 3.53. The normalized spacial score (nSPS) is 18.1. The number of halogens is 3. The maximum absolute atomic E-state index is 12.6. The van der Waals surface area contributed by atoms with Crippen molar-refractivity contribution in [1.29, 1.82) is 0 Å². The van der Waals surface area contributed by atoms with Crippen LogP contribution in [0.1, 0.15) is 36.8 Å². The fourth-order valence-corrected chi connectivity index (χ4v) is 3.04. The van der Waals surface area contributed by atoms with E-state index in [1.165, 1.54) is 24.5 Å². The maximum atomic E-state index is 12.6. The number of aliphatic hydroxyl groups is 1. The van der Waals surface area contributed by atoms with Gasteiger partial charge in [0, 0.05) is 23.4 Å². The molecule has 0 bridgehead atoms. The Morgan fingerprint density at radius 1 is 1.09 bits per heavy atom. The fraction of sp³-hybridized carbons (Fsp3) is 0.375. The van der Waals surface area contributed by atoms with Crippen LogP contribution in [0.4, 0.5) is 13.2 Å². The monoisotopic (exact) mass is 324 g/mol. The van der Waals surface area contributed by atoms with Gasteiger partial charge in [-0.3, -0.25) is 0 Å². The molecule has 122 valence electrons. The van der Waals surface area contributed by atoms with Gasteiger partial charge in [0.05, 0.1) is 0 Å². The zero-order valence-electron chi connectivity index (χ0n) is 12.1. The largest absolute Gasteiger partial charge is 0.573 e. The summed E-state index contributed by atoms with van der Waals surface area (Å²) in [6, 6.07) is 7.55. The van der Waals surface area contributed by atoms with E-state index in [1.807, 2.05) is 0 Å². The Morgan fingerprint density at radius 3 is 2.30 bits per heavy atom. The highest BCUT2D eigenvalue weighted by Crippen LogP contribution is 2.54. The molecule has 0 aliphatic heterocycles. The van der Waals surface area contributed by atoms with E-state index in [1.54, 1.807) is 18.2 Å². The van der Waals surface area contributed by atoms with Crippen molar-refractivity contribution < 1.29 is 23.0 Å². The van der Waals surface area contributed by atoms with Crippen LogP contribution in [-0.2, 0) is 5.41 Å². The molecule has 0 spiro atoms. The lowest BCUT2D eigenvalue weighted by atomic mass is 9.60. The lowest BCUT2D eigenvalue weighted by Crippen LogP contribution is -2.41. The lowest BCUT2D eigenvalue weighted by Gasteiger charge is -2.45. The van der Waals surface area contributed by atoms with E-state index in [0.717, 1.165) is 6.42 Å². The number of aliphatic hydroxyl groups excluding tert-OH is 1. The van der Waals surface area contributed by atoms with Crippen molar-refractivity contribution in [3.05, 3.63) is 54.1 Å². The molecule has 23 heavy (non-hydrogen) atoms. The first-order chi connectivity index (χ1) is 10.9. The number of alkyl halides is 3. The highest BCUT2D eigenvalue weighted by atomic mass is 19.4. The SMILES string of the molecule is OC(c1ncccn1)C1(c2ccccc2OC(F)(F)F)CCC1. The van der Waals surface area contributed by atoms with Crippen LogP contribution in [-0.4, -0.2) is 21.4 Å². The average molecular weight is 324 g/mol. The molecule has 2 aromatic rings.